The number of hydrogen-bond acceptors (Lipinski definition) is 11. The van der Waals surface area contributed by atoms with Crippen LogP contribution in [-0.2, 0) is 15.2 Å². The number of nitrogens with two attached hydrogens (primary N) is 1. The number of halogens is 1. The number of benzene rings is 2. The van der Waals surface area contributed by atoms with Crippen LogP contribution < -0.4 is 15.8 Å². The molecule has 3 heterocycles. The fraction of sp³-hybridized carbons (Fsp3) is 0.241. The van der Waals surface area contributed by atoms with Crippen molar-refractivity contribution in [3.05, 3.63) is 76.5 Å². The molecule has 1 saturated heterocycles. The highest BCUT2D eigenvalue weighted by atomic mass is 32.2. The second-order valence-corrected chi connectivity index (χ2v) is 11.3. The van der Waals surface area contributed by atoms with Gasteiger partial charge in [-0.15, -0.1) is 11.3 Å². The Bertz CT molecular complexity index is 1650. The molecule has 3 N–H and O–H groups in total. The van der Waals surface area contributed by atoms with E-state index in [1.807, 2.05) is 19.2 Å². The van der Waals surface area contributed by atoms with Crippen molar-refractivity contribution < 1.29 is 18.6 Å². The van der Waals surface area contributed by atoms with Crippen LogP contribution in [-0.4, -0.2) is 35.1 Å². The smallest absolute Gasteiger partial charge is 0.187 e. The third-order valence-electron chi connectivity index (χ3n) is 6.05. The Hall–Kier alpha value is -4.20. The van der Waals surface area contributed by atoms with Crippen molar-refractivity contribution in [2.75, 3.05) is 24.3 Å². The fourth-order valence-electron chi connectivity index (χ4n) is 4.21. The lowest BCUT2D eigenvalue weighted by atomic mass is 9.97. The number of rotatable bonds is 9. The van der Waals surface area contributed by atoms with Crippen LogP contribution in [0.2, 0.25) is 0 Å². The van der Waals surface area contributed by atoms with Crippen LogP contribution in [0.3, 0.4) is 0 Å². The monoisotopic (exact) mass is 588 g/mol. The first-order valence-corrected chi connectivity index (χ1v) is 14.4. The molecular weight excluding hydrogens is 563 g/mol. The number of nitrogens with zero attached hydrogens (tertiary/aromatic N) is 4. The summed E-state index contributed by atoms with van der Waals surface area (Å²) in [6, 6.07) is 17.5. The molecule has 12 heteroatoms. The van der Waals surface area contributed by atoms with Crippen molar-refractivity contribution in [1.82, 2.24) is 9.97 Å². The van der Waals surface area contributed by atoms with E-state index in [0.29, 0.717) is 51.7 Å². The number of thiazole rings is 1. The average Bonchev–Trinajstić information content (AvgIpc) is 3.55. The summed E-state index contributed by atoms with van der Waals surface area (Å²) in [6.07, 6.45) is -0.175. The van der Waals surface area contributed by atoms with E-state index in [9.17, 15) is 14.9 Å². The normalized spacial score (nSPS) is 15.7. The Balaban J connectivity index is 1.32. The number of pyridine rings is 1. The van der Waals surface area contributed by atoms with Gasteiger partial charge >= 0.3 is 0 Å². The molecule has 9 nitrogen and oxygen atoms in total. The second kappa shape index (κ2) is 12.1. The van der Waals surface area contributed by atoms with Gasteiger partial charge in [0, 0.05) is 22.4 Å². The van der Waals surface area contributed by atoms with E-state index < -0.39 is 5.79 Å². The summed E-state index contributed by atoms with van der Waals surface area (Å²) in [5.74, 6) is 0.0907. The fourth-order valence-corrected chi connectivity index (χ4v) is 5.93. The Kier molecular flexibility index (Phi) is 8.38. The minimum Gasteiger partial charge on any atom is -0.491 e. The zero-order valence-corrected chi connectivity index (χ0v) is 23.8. The summed E-state index contributed by atoms with van der Waals surface area (Å²) in [5.41, 5.74) is 8.95. The number of aromatic nitrogens is 2. The number of ether oxygens (including phenoxy) is 3. The molecule has 208 valence electrons. The van der Waals surface area contributed by atoms with Gasteiger partial charge in [-0.3, -0.25) is 0 Å². The molecule has 0 spiro atoms. The summed E-state index contributed by atoms with van der Waals surface area (Å²) >= 11 is 2.68. The molecule has 0 radical (unpaired) electrons. The van der Waals surface area contributed by atoms with Crippen molar-refractivity contribution in [3.8, 4) is 29.0 Å². The van der Waals surface area contributed by atoms with Gasteiger partial charge in [-0.05, 0) is 49.7 Å². The van der Waals surface area contributed by atoms with Crippen LogP contribution in [0.5, 0.6) is 5.75 Å². The highest BCUT2D eigenvalue weighted by Crippen LogP contribution is 2.37. The molecule has 1 aliphatic rings. The topological polar surface area (TPSA) is 139 Å². The van der Waals surface area contributed by atoms with E-state index in [1.165, 1.54) is 35.2 Å². The SMILES string of the molecule is CC1(C)OCC(COc2ccc(-c3c(C#N)c(N)nc(SCc4csc(Nc5cccc(F)c5)n4)c3C#N)cc2)O1. The maximum atomic E-state index is 13.5. The molecule has 0 saturated carbocycles. The quantitative estimate of drug-likeness (QED) is 0.216. The van der Waals surface area contributed by atoms with Crippen LogP contribution in [0, 0.1) is 28.5 Å². The van der Waals surface area contributed by atoms with E-state index in [2.05, 4.69) is 27.4 Å². The van der Waals surface area contributed by atoms with Gasteiger partial charge in [0.2, 0.25) is 0 Å². The van der Waals surface area contributed by atoms with E-state index in [-0.39, 0.29) is 28.9 Å². The Labute approximate surface area is 244 Å². The Morgan fingerprint density at radius 2 is 1.95 bits per heavy atom. The summed E-state index contributed by atoms with van der Waals surface area (Å²) < 4.78 is 30.7. The number of nitriles is 2. The molecule has 0 aliphatic carbocycles. The second-order valence-electron chi connectivity index (χ2n) is 9.50. The third kappa shape index (κ3) is 6.76. The number of hydrogen-bond donors (Lipinski definition) is 2. The van der Waals surface area contributed by atoms with E-state index >= 15 is 0 Å². The molecule has 1 atom stereocenters. The lowest BCUT2D eigenvalue weighted by Crippen LogP contribution is -2.25. The van der Waals surface area contributed by atoms with Gasteiger partial charge in [-0.2, -0.15) is 10.5 Å². The summed E-state index contributed by atoms with van der Waals surface area (Å²) in [5, 5.41) is 25.9. The molecule has 4 aromatic rings. The average molecular weight is 589 g/mol. The minimum atomic E-state index is -0.627. The van der Waals surface area contributed by atoms with Crippen molar-refractivity contribution in [2.24, 2.45) is 0 Å². The van der Waals surface area contributed by atoms with Gasteiger partial charge < -0.3 is 25.3 Å². The highest BCUT2D eigenvalue weighted by Gasteiger charge is 2.33. The maximum Gasteiger partial charge on any atom is 0.187 e. The molecular formula is C29H25FN6O3S2. The van der Waals surface area contributed by atoms with Gasteiger partial charge in [0.1, 0.15) is 52.8 Å². The van der Waals surface area contributed by atoms with Crippen molar-refractivity contribution in [2.45, 2.75) is 36.5 Å². The van der Waals surface area contributed by atoms with Crippen LogP contribution in [0.4, 0.5) is 21.0 Å². The molecule has 1 fully saturated rings. The van der Waals surface area contributed by atoms with E-state index in [4.69, 9.17) is 19.9 Å². The van der Waals surface area contributed by atoms with Crippen LogP contribution in [0.15, 0.2) is 58.9 Å². The predicted octanol–water partition coefficient (Wildman–Crippen LogP) is 6.24. The molecule has 5 rings (SSSR count). The zero-order valence-electron chi connectivity index (χ0n) is 22.2. The van der Waals surface area contributed by atoms with E-state index in [1.54, 1.807) is 36.4 Å². The first-order chi connectivity index (χ1) is 19.7. The van der Waals surface area contributed by atoms with Crippen molar-refractivity contribution >= 4 is 39.7 Å². The highest BCUT2D eigenvalue weighted by molar-refractivity contribution is 7.98. The third-order valence-corrected chi connectivity index (χ3v) is 7.86. The predicted molar refractivity (Wildman–Crippen MR) is 155 cm³/mol. The Morgan fingerprint density at radius 3 is 2.63 bits per heavy atom. The van der Waals surface area contributed by atoms with Crippen molar-refractivity contribution in [3.63, 3.8) is 0 Å². The van der Waals surface area contributed by atoms with E-state index in [0.717, 1.165) is 5.69 Å². The number of nitrogens with one attached hydrogen (secondary N) is 1. The molecule has 0 amide bonds. The molecule has 41 heavy (non-hydrogen) atoms. The minimum absolute atomic E-state index is 0.0389. The van der Waals surface area contributed by atoms with Gasteiger partial charge in [0.25, 0.3) is 0 Å². The van der Waals surface area contributed by atoms with Gasteiger partial charge in [-0.25, -0.2) is 14.4 Å². The number of anilines is 3. The molecule has 0 bridgehead atoms. The molecule has 2 aromatic heterocycles. The van der Waals surface area contributed by atoms with Crippen molar-refractivity contribution in [1.29, 1.82) is 10.5 Å². The first-order valence-electron chi connectivity index (χ1n) is 12.5. The molecule has 1 unspecified atom stereocenters. The zero-order chi connectivity index (χ0) is 29.0. The number of thioether (sulfide) groups is 1. The van der Waals surface area contributed by atoms with Crippen LogP contribution in [0.25, 0.3) is 11.1 Å². The van der Waals surface area contributed by atoms with Crippen LogP contribution >= 0.6 is 23.1 Å². The number of nitrogen functional groups attached to an aromatic ring is 1. The first kappa shape index (κ1) is 28.3. The Morgan fingerprint density at radius 1 is 1.17 bits per heavy atom. The van der Waals surface area contributed by atoms with Gasteiger partial charge in [-0.1, -0.05) is 30.0 Å². The summed E-state index contributed by atoms with van der Waals surface area (Å²) in [7, 11) is 0. The lowest BCUT2D eigenvalue weighted by Gasteiger charge is -2.17. The summed E-state index contributed by atoms with van der Waals surface area (Å²) in [4.78, 5) is 8.91. The molecule has 1 aliphatic heterocycles. The maximum absolute atomic E-state index is 13.5. The van der Waals surface area contributed by atoms with Gasteiger partial charge in [0.15, 0.2) is 10.9 Å². The summed E-state index contributed by atoms with van der Waals surface area (Å²) in [6.45, 7) is 4.49. The molecule has 2 aromatic carbocycles. The largest absolute Gasteiger partial charge is 0.491 e. The van der Waals surface area contributed by atoms with Crippen LogP contribution in [0.1, 0.15) is 30.7 Å². The lowest BCUT2D eigenvalue weighted by molar-refractivity contribution is -0.141. The van der Waals surface area contributed by atoms with Gasteiger partial charge in [0.05, 0.1) is 17.9 Å². The standard InChI is InChI=1S/C29H25FN6O3S2/c1-29(2)38-14-22(39-29)13-37-21-8-6-17(7-9-21)25-23(11-31)26(33)36-27(24(25)12-32)40-15-20-16-41-28(35-20)34-19-5-3-4-18(30)10-19/h3-10,16,22H,13-15H2,1-2H3,(H2,33,36)(H,34,35).